The standard InChI is InChI=1S/C24H41N3O3S/c1-16(2)31(28,29)26-22-9-7-21(8-10-22)13-25-23-11-17(3)24(18(4)12-23)27-14-19(5)30-20(6)15-27/h11-12,16,19-22,25-26H,7-10,13-15H2,1-6H3/t19-,20+,21-,22-. The van der Waals surface area contributed by atoms with Gasteiger partial charge in [-0.1, -0.05) is 0 Å². The van der Waals surface area contributed by atoms with Gasteiger partial charge in [0.2, 0.25) is 10.0 Å². The normalized spacial score (nSPS) is 27.5. The number of nitrogens with one attached hydrogen (secondary N) is 2. The summed E-state index contributed by atoms with van der Waals surface area (Å²) in [6.45, 7) is 15.0. The van der Waals surface area contributed by atoms with Gasteiger partial charge in [-0.3, -0.25) is 0 Å². The summed E-state index contributed by atoms with van der Waals surface area (Å²) in [5.74, 6) is 0.584. The van der Waals surface area contributed by atoms with E-state index in [0.29, 0.717) is 5.92 Å². The molecule has 1 saturated carbocycles. The van der Waals surface area contributed by atoms with E-state index >= 15 is 0 Å². The van der Waals surface area contributed by atoms with E-state index in [4.69, 9.17) is 4.74 Å². The molecule has 1 heterocycles. The summed E-state index contributed by atoms with van der Waals surface area (Å²) >= 11 is 0. The van der Waals surface area contributed by atoms with Crippen molar-refractivity contribution in [2.24, 2.45) is 5.92 Å². The SMILES string of the molecule is Cc1cc(NC[C@H]2CC[C@H](NS(=O)(=O)C(C)C)CC2)cc(C)c1N1C[C@@H](C)O[C@@H](C)C1. The van der Waals surface area contributed by atoms with Crippen LogP contribution in [0.3, 0.4) is 0 Å². The molecule has 1 aromatic rings. The highest BCUT2D eigenvalue weighted by Crippen LogP contribution is 2.32. The first kappa shape index (κ1) is 24.3. The van der Waals surface area contributed by atoms with E-state index in [1.54, 1.807) is 13.8 Å². The van der Waals surface area contributed by atoms with E-state index in [2.05, 4.69) is 54.8 Å². The van der Waals surface area contributed by atoms with Crippen molar-refractivity contribution in [1.82, 2.24) is 4.72 Å². The minimum Gasteiger partial charge on any atom is -0.385 e. The minimum atomic E-state index is -3.18. The van der Waals surface area contributed by atoms with Crippen LogP contribution in [0.15, 0.2) is 12.1 Å². The van der Waals surface area contributed by atoms with Crippen LogP contribution in [0.5, 0.6) is 0 Å². The molecule has 176 valence electrons. The van der Waals surface area contributed by atoms with Crippen molar-refractivity contribution in [3.63, 3.8) is 0 Å². The van der Waals surface area contributed by atoms with Gasteiger partial charge < -0.3 is 15.0 Å². The fourth-order valence-electron chi connectivity index (χ4n) is 5.03. The Hall–Kier alpha value is -1.31. The first-order valence-electron chi connectivity index (χ1n) is 11.8. The molecule has 0 spiro atoms. The number of benzene rings is 1. The molecule has 1 aliphatic heterocycles. The van der Waals surface area contributed by atoms with Crippen LogP contribution in [-0.2, 0) is 14.8 Å². The number of ether oxygens (including phenoxy) is 1. The molecule has 31 heavy (non-hydrogen) atoms. The van der Waals surface area contributed by atoms with E-state index in [9.17, 15) is 8.42 Å². The molecule has 0 radical (unpaired) electrons. The van der Waals surface area contributed by atoms with Gasteiger partial charge in [-0.2, -0.15) is 0 Å². The third-order valence-electron chi connectivity index (χ3n) is 6.62. The lowest BCUT2D eigenvalue weighted by atomic mass is 9.86. The van der Waals surface area contributed by atoms with Gasteiger partial charge in [0.15, 0.2) is 0 Å². The average molecular weight is 452 g/mol. The van der Waals surface area contributed by atoms with Gasteiger partial charge in [0.1, 0.15) is 0 Å². The quantitative estimate of drug-likeness (QED) is 0.650. The number of hydrogen-bond donors (Lipinski definition) is 2. The van der Waals surface area contributed by atoms with Crippen LogP contribution in [0.1, 0.15) is 64.5 Å². The monoisotopic (exact) mass is 451 g/mol. The lowest BCUT2D eigenvalue weighted by Crippen LogP contribution is -2.46. The van der Waals surface area contributed by atoms with Crippen molar-refractivity contribution >= 4 is 21.4 Å². The fraction of sp³-hybridized carbons (Fsp3) is 0.750. The number of hydrogen-bond acceptors (Lipinski definition) is 5. The lowest BCUT2D eigenvalue weighted by Gasteiger charge is -2.38. The largest absolute Gasteiger partial charge is 0.385 e. The molecular weight excluding hydrogens is 410 g/mol. The van der Waals surface area contributed by atoms with Gasteiger partial charge in [-0.15, -0.1) is 0 Å². The molecule has 0 bridgehead atoms. The molecule has 2 aliphatic rings. The maximum atomic E-state index is 12.1. The second-order valence-corrected chi connectivity index (χ2v) is 12.2. The van der Waals surface area contributed by atoms with Crippen LogP contribution in [0.2, 0.25) is 0 Å². The topological polar surface area (TPSA) is 70.7 Å². The number of anilines is 2. The molecule has 2 fully saturated rings. The maximum absolute atomic E-state index is 12.1. The first-order chi connectivity index (χ1) is 14.5. The predicted molar refractivity (Wildman–Crippen MR) is 130 cm³/mol. The zero-order valence-corrected chi connectivity index (χ0v) is 20.9. The summed E-state index contributed by atoms with van der Waals surface area (Å²) in [4.78, 5) is 2.47. The maximum Gasteiger partial charge on any atom is 0.214 e. The fourth-order valence-corrected chi connectivity index (χ4v) is 6.00. The van der Waals surface area contributed by atoms with Gasteiger partial charge in [-0.05, 0) is 96.4 Å². The Labute approximate surface area is 189 Å². The van der Waals surface area contributed by atoms with Crippen LogP contribution < -0.4 is 14.9 Å². The first-order valence-corrected chi connectivity index (χ1v) is 13.4. The van der Waals surface area contributed by atoms with E-state index < -0.39 is 10.0 Å². The Bertz CT molecular complexity index is 815. The third kappa shape index (κ3) is 6.36. The van der Waals surface area contributed by atoms with Crippen LogP contribution in [0, 0.1) is 19.8 Å². The second kappa shape index (κ2) is 10.1. The summed E-state index contributed by atoms with van der Waals surface area (Å²) in [7, 11) is -3.18. The smallest absolute Gasteiger partial charge is 0.214 e. The third-order valence-corrected chi connectivity index (χ3v) is 8.52. The summed E-state index contributed by atoms with van der Waals surface area (Å²) in [6.07, 6.45) is 4.45. The Morgan fingerprint density at radius 3 is 2.10 bits per heavy atom. The van der Waals surface area contributed by atoms with Crippen LogP contribution in [0.4, 0.5) is 11.4 Å². The highest BCUT2D eigenvalue weighted by molar-refractivity contribution is 7.90. The van der Waals surface area contributed by atoms with Crippen molar-refractivity contribution in [1.29, 1.82) is 0 Å². The summed E-state index contributed by atoms with van der Waals surface area (Å²) in [5, 5.41) is 3.27. The van der Waals surface area contributed by atoms with Crippen LogP contribution >= 0.6 is 0 Å². The summed E-state index contributed by atoms with van der Waals surface area (Å²) < 4.78 is 33.0. The van der Waals surface area contributed by atoms with Crippen molar-refractivity contribution in [3.05, 3.63) is 23.3 Å². The molecule has 7 heteroatoms. The van der Waals surface area contributed by atoms with Gasteiger partial charge in [0.25, 0.3) is 0 Å². The molecule has 0 aromatic heterocycles. The Balaban J connectivity index is 1.54. The van der Waals surface area contributed by atoms with Gasteiger partial charge in [0.05, 0.1) is 17.5 Å². The van der Waals surface area contributed by atoms with Gasteiger partial charge in [-0.25, -0.2) is 13.1 Å². The zero-order chi connectivity index (χ0) is 22.8. The van der Waals surface area contributed by atoms with E-state index in [-0.39, 0.29) is 23.5 Å². The second-order valence-electron chi connectivity index (χ2n) is 9.93. The van der Waals surface area contributed by atoms with Gasteiger partial charge >= 0.3 is 0 Å². The van der Waals surface area contributed by atoms with E-state index in [0.717, 1.165) is 45.3 Å². The van der Waals surface area contributed by atoms with Crippen LogP contribution in [-0.4, -0.2) is 51.6 Å². The van der Waals surface area contributed by atoms with Crippen LogP contribution in [0.25, 0.3) is 0 Å². The number of morpholine rings is 1. The average Bonchev–Trinajstić information content (AvgIpc) is 2.66. The number of sulfonamides is 1. The highest BCUT2D eigenvalue weighted by atomic mass is 32.2. The number of rotatable bonds is 7. The van der Waals surface area contributed by atoms with Crippen molar-refractivity contribution in [2.45, 2.75) is 90.7 Å². The van der Waals surface area contributed by atoms with Crippen molar-refractivity contribution in [2.75, 3.05) is 29.9 Å². The molecule has 1 saturated heterocycles. The molecule has 1 aromatic carbocycles. The van der Waals surface area contributed by atoms with Crippen molar-refractivity contribution < 1.29 is 13.2 Å². The Morgan fingerprint density at radius 2 is 1.58 bits per heavy atom. The summed E-state index contributed by atoms with van der Waals surface area (Å²) in [6, 6.07) is 4.61. The lowest BCUT2D eigenvalue weighted by molar-refractivity contribution is -0.00527. The molecule has 0 amide bonds. The molecule has 0 unspecified atom stereocenters. The predicted octanol–water partition coefficient (Wildman–Crippen LogP) is 4.22. The molecule has 3 rings (SSSR count). The molecular formula is C24H41N3O3S. The molecule has 1 aliphatic carbocycles. The Kier molecular flexibility index (Phi) is 7.92. The molecule has 2 N–H and O–H groups in total. The molecule has 2 atom stereocenters. The summed E-state index contributed by atoms with van der Waals surface area (Å²) in [5.41, 5.74) is 5.12. The minimum absolute atomic E-state index is 0.0886. The van der Waals surface area contributed by atoms with E-state index in [1.165, 1.54) is 22.5 Å². The number of nitrogens with zero attached hydrogens (tertiary/aromatic N) is 1. The molecule has 6 nitrogen and oxygen atoms in total. The van der Waals surface area contributed by atoms with Crippen molar-refractivity contribution in [3.8, 4) is 0 Å². The highest BCUT2D eigenvalue weighted by Gasteiger charge is 2.27. The zero-order valence-electron chi connectivity index (χ0n) is 20.1. The van der Waals surface area contributed by atoms with Gasteiger partial charge in [0, 0.05) is 37.1 Å². The number of aryl methyl sites for hydroxylation is 2. The van der Waals surface area contributed by atoms with E-state index in [1.807, 2.05) is 0 Å². The Morgan fingerprint density at radius 1 is 1.03 bits per heavy atom.